The highest BCUT2D eigenvalue weighted by Gasteiger charge is 2.22. The summed E-state index contributed by atoms with van der Waals surface area (Å²) in [6, 6.07) is 9.30. The van der Waals surface area contributed by atoms with Gasteiger partial charge in [-0.15, -0.1) is 0 Å². The lowest BCUT2D eigenvalue weighted by Crippen LogP contribution is -2.26. The zero-order chi connectivity index (χ0) is 21.1. The van der Waals surface area contributed by atoms with Gasteiger partial charge < -0.3 is 18.6 Å². The number of furan rings is 1. The third-order valence-electron chi connectivity index (χ3n) is 4.96. The van der Waals surface area contributed by atoms with E-state index in [1.54, 1.807) is 31.1 Å². The third kappa shape index (κ3) is 4.23. The molecular formula is C22H25N3O4. The van der Waals surface area contributed by atoms with Crippen molar-refractivity contribution < 1.29 is 18.7 Å². The highest BCUT2D eigenvalue weighted by molar-refractivity contribution is 5.95. The topological polar surface area (TPSA) is 77.6 Å². The summed E-state index contributed by atoms with van der Waals surface area (Å²) in [5.74, 6) is 0.436. The molecule has 0 fully saturated rings. The van der Waals surface area contributed by atoms with E-state index in [-0.39, 0.29) is 12.5 Å². The van der Waals surface area contributed by atoms with Crippen LogP contribution in [0.25, 0.3) is 0 Å². The van der Waals surface area contributed by atoms with Gasteiger partial charge in [-0.05, 0) is 45.0 Å². The molecule has 7 heteroatoms. The quantitative estimate of drug-likeness (QED) is 0.597. The number of rotatable bonds is 6. The Morgan fingerprint density at radius 2 is 1.93 bits per heavy atom. The summed E-state index contributed by atoms with van der Waals surface area (Å²) in [5, 5.41) is 0. The number of carbonyl (C=O) groups excluding carboxylic acids is 2. The first-order valence-corrected chi connectivity index (χ1v) is 9.31. The normalized spacial score (nSPS) is 10.8. The first kappa shape index (κ1) is 20.4. The molecule has 3 aromatic heterocycles. The fraction of sp³-hybridized carbons (Fsp3) is 0.318. The standard InChI is InChI=1S/C22H25N3O4/c1-14-10-19(15(2)25(14)12-17-8-6-7-9-23-17)21(26)24(4)13-18-11-20(16(3)29-18)22(27)28-5/h6-11H,12-13H2,1-5H3. The number of nitrogens with zero attached hydrogens (tertiary/aromatic N) is 3. The maximum absolute atomic E-state index is 13.0. The van der Waals surface area contributed by atoms with E-state index in [0.717, 1.165) is 17.1 Å². The van der Waals surface area contributed by atoms with Gasteiger partial charge in [0.05, 0.1) is 31.5 Å². The van der Waals surface area contributed by atoms with Gasteiger partial charge in [-0.3, -0.25) is 9.78 Å². The predicted molar refractivity (Wildman–Crippen MR) is 108 cm³/mol. The fourth-order valence-electron chi connectivity index (χ4n) is 3.36. The highest BCUT2D eigenvalue weighted by Crippen LogP contribution is 2.21. The number of aryl methyl sites for hydroxylation is 2. The molecule has 0 aliphatic carbocycles. The Labute approximate surface area is 169 Å². The summed E-state index contributed by atoms with van der Waals surface area (Å²) in [7, 11) is 3.04. The van der Waals surface area contributed by atoms with Gasteiger partial charge in [0.1, 0.15) is 17.1 Å². The molecule has 0 unspecified atom stereocenters. The summed E-state index contributed by atoms with van der Waals surface area (Å²) in [5.41, 5.74) is 3.82. The minimum atomic E-state index is -0.454. The predicted octanol–water partition coefficient (Wildman–Crippen LogP) is 3.51. The molecule has 3 aromatic rings. The van der Waals surface area contributed by atoms with Crippen LogP contribution in [0.3, 0.4) is 0 Å². The van der Waals surface area contributed by atoms with E-state index in [2.05, 4.69) is 9.55 Å². The third-order valence-corrected chi connectivity index (χ3v) is 4.96. The Kier molecular flexibility index (Phi) is 5.87. The van der Waals surface area contributed by atoms with E-state index in [4.69, 9.17) is 9.15 Å². The number of hydrogen-bond donors (Lipinski definition) is 0. The van der Waals surface area contributed by atoms with E-state index in [1.807, 2.05) is 38.1 Å². The summed E-state index contributed by atoms with van der Waals surface area (Å²) >= 11 is 0. The van der Waals surface area contributed by atoms with Crippen molar-refractivity contribution in [2.24, 2.45) is 0 Å². The molecule has 0 atom stereocenters. The van der Waals surface area contributed by atoms with Crippen LogP contribution in [0.4, 0.5) is 0 Å². The molecule has 0 saturated carbocycles. The van der Waals surface area contributed by atoms with Crippen LogP contribution in [0.15, 0.2) is 40.9 Å². The molecule has 7 nitrogen and oxygen atoms in total. The zero-order valence-corrected chi connectivity index (χ0v) is 17.4. The Balaban J connectivity index is 1.78. The van der Waals surface area contributed by atoms with E-state index in [9.17, 15) is 9.59 Å². The Morgan fingerprint density at radius 3 is 2.59 bits per heavy atom. The van der Waals surface area contributed by atoms with Gasteiger partial charge in [0.2, 0.25) is 0 Å². The van der Waals surface area contributed by atoms with Gasteiger partial charge in [0.15, 0.2) is 0 Å². The maximum Gasteiger partial charge on any atom is 0.341 e. The molecule has 0 radical (unpaired) electrons. The Morgan fingerprint density at radius 1 is 1.17 bits per heavy atom. The number of hydrogen-bond acceptors (Lipinski definition) is 5. The molecule has 3 rings (SSSR count). The molecule has 0 bridgehead atoms. The second-order valence-electron chi connectivity index (χ2n) is 7.03. The van der Waals surface area contributed by atoms with Crippen molar-refractivity contribution >= 4 is 11.9 Å². The number of ether oxygens (including phenoxy) is 1. The second kappa shape index (κ2) is 8.34. The molecule has 29 heavy (non-hydrogen) atoms. The highest BCUT2D eigenvalue weighted by atomic mass is 16.5. The average Bonchev–Trinajstić information content (AvgIpc) is 3.21. The van der Waals surface area contributed by atoms with Crippen LogP contribution >= 0.6 is 0 Å². The summed E-state index contributed by atoms with van der Waals surface area (Å²) in [6.07, 6.45) is 1.76. The molecule has 1 amide bonds. The van der Waals surface area contributed by atoms with Gasteiger partial charge >= 0.3 is 5.97 Å². The van der Waals surface area contributed by atoms with Crippen molar-refractivity contribution in [3.8, 4) is 0 Å². The van der Waals surface area contributed by atoms with Crippen LogP contribution in [0, 0.1) is 20.8 Å². The van der Waals surface area contributed by atoms with Gasteiger partial charge in [-0.2, -0.15) is 0 Å². The summed E-state index contributed by atoms with van der Waals surface area (Å²) < 4.78 is 12.4. The first-order chi connectivity index (χ1) is 13.8. The molecule has 3 heterocycles. The smallest absolute Gasteiger partial charge is 0.341 e. The number of methoxy groups -OCH3 is 1. The van der Waals surface area contributed by atoms with Gasteiger partial charge in [-0.1, -0.05) is 6.07 Å². The van der Waals surface area contributed by atoms with Crippen LogP contribution in [0.2, 0.25) is 0 Å². The zero-order valence-electron chi connectivity index (χ0n) is 17.4. The molecule has 0 aliphatic heterocycles. The molecule has 0 aliphatic rings. The van der Waals surface area contributed by atoms with Gasteiger partial charge in [0, 0.05) is 24.6 Å². The van der Waals surface area contributed by atoms with Crippen LogP contribution in [-0.2, 0) is 17.8 Å². The number of amides is 1. The van der Waals surface area contributed by atoms with Crippen molar-refractivity contribution in [1.29, 1.82) is 0 Å². The van der Waals surface area contributed by atoms with Gasteiger partial charge in [0.25, 0.3) is 5.91 Å². The van der Waals surface area contributed by atoms with Crippen molar-refractivity contribution in [3.05, 3.63) is 76.3 Å². The fourth-order valence-corrected chi connectivity index (χ4v) is 3.36. The molecule has 0 aromatic carbocycles. The van der Waals surface area contributed by atoms with E-state index in [1.165, 1.54) is 7.11 Å². The Bertz CT molecular complexity index is 1030. The van der Waals surface area contributed by atoms with Crippen molar-refractivity contribution in [2.45, 2.75) is 33.9 Å². The Hall–Kier alpha value is -3.35. The van der Waals surface area contributed by atoms with E-state index in [0.29, 0.717) is 29.2 Å². The van der Waals surface area contributed by atoms with Crippen molar-refractivity contribution in [3.63, 3.8) is 0 Å². The lowest BCUT2D eigenvalue weighted by atomic mass is 10.2. The molecule has 0 spiro atoms. The van der Waals surface area contributed by atoms with E-state index < -0.39 is 5.97 Å². The van der Waals surface area contributed by atoms with Crippen LogP contribution in [0.1, 0.15) is 49.3 Å². The summed E-state index contributed by atoms with van der Waals surface area (Å²) in [6.45, 7) is 6.47. The first-order valence-electron chi connectivity index (χ1n) is 9.31. The number of pyridine rings is 1. The number of esters is 1. The van der Waals surface area contributed by atoms with Crippen molar-refractivity contribution in [1.82, 2.24) is 14.5 Å². The minimum absolute atomic E-state index is 0.112. The lowest BCUT2D eigenvalue weighted by molar-refractivity contribution is 0.0598. The lowest BCUT2D eigenvalue weighted by Gasteiger charge is -2.16. The molecule has 0 N–H and O–H groups in total. The monoisotopic (exact) mass is 395 g/mol. The number of carbonyl (C=O) groups is 2. The minimum Gasteiger partial charge on any atom is -0.465 e. The van der Waals surface area contributed by atoms with E-state index >= 15 is 0 Å². The average molecular weight is 395 g/mol. The largest absolute Gasteiger partial charge is 0.465 e. The SMILES string of the molecule is COC(=O)c1cc(CN(C)C(=O)c2cc(C)n(Cc3ccccn3)c2C)oc1C. The second-order valence-corrected chi connectivity index (χ2v) is 7.03. The summed E-state index contributed by atoms with van der Waals surface area (Å²) in [4.78, 5) is 30.7. The van der Waals surface area contributed by atoms with Crippen LogP contribution < -0.4 is 0 Å². The van der Waals surface area contributed by atoms with Gasteiger partial charge in [-0.25, -0.2) is 4.79 Å². The van der Waals surface area contributed by atoms with Crippen molar-refractivity contribution in [2.75, 3.05) is 14.2 Å². The maximum atomic E-state index is 13.0. The molecule has 152 valence electrons. The number of aromatic nitrogens is 2. The molecule has 0 saturated heterocycles. The molecular weight excluding hydrogens is 370 g/mol. The van der Waals surface area contributed by atoms with Crippen LogP contribution in [-0.4, -0.2) is 40.5 Å². The van der Waals surface area contributed by atoms with Crippen LogP contribution in [0.5, 0.6) is 0 Å².